The third-order valence-corrected chi connectivity index (χ3v) is 6.63. The zero-order valence-corrected chi connectivity index (χ0v) is 15.9. The third-order valence-electron chi connectivity index (χ3n) is 3.60. The zero-order valence-electron chi connectivity index (χ0n) is 13.5. The molecule has 0 fully saturated rings. The minimum Gasteiger partial charge on any atom is -0.322 e. The predicted octanol–water partition coefficient (Wildman–Crippen LogP) is 4.44. The normalized spacial score (nSPS) is 11.0. The van der Waals surface area contributed by atoms with Gasteiger partial charge in [-0.2, -0.15) is 3.33 Å². The molecule has 26 heavy (non-hydrogen) atoms. The van der Waals surface area contributed by atoms with E-state index in [2.05, 4.69) is 21.5 Å². The minimum atomic E-state index is -3.85. The number of sulfonamides is 1. The summed E-state index contributed by atoms with van der Waals surface area (Å²) in [4.78, 5) is 12.4. The van der Waals surface area contributed by atoms with Crippen molar-refractivity contribution in [3.8, 4) is 0 Å². The summed E-state index contributed by atoms with van der Waals surface area (Å²) in [6.45, 7) is 0. The van der Waals surface area contributed by atoms with Crippen LogP contribution < -0.4 is 8.65 Å². The first kappa shape index (κ1) is 18.2. The number of carbonyl (C=O) groups excluding carboxylic acids is 1. The third kappa shape index (κ3) is 3.95. The molecule has 0 saturated heterocycles. The number of carbonyl (C=O) groups is 1. The van der Waals surface area contributed by atoms with Crippen molar-refractivity contribution in [3.05, 3.63) is 90.5 Å². The van der Waals surface area contributed by atoms with Crippen LogP contribution >= 0.6 is 16.1 Å². The Morgan fingerprint density at radius 3 is 2.12 bits per heavy atom. The van der Waals surface area contributed by atoms with Crippen LogP contribution in [0, 0.1) is 0 Å². The van der Waals surface area contributed by atoms with Crippen molar-refractivity contribution in [2.75, 3.05) is 8.65 Å². The number of rotatable bonds is 5. The average Bonchev–Trinajstić information content (AvgIpc) is 2.69. The van der Waals surface area contributed by atoms with Crippen molar-refractivity contribution in [3.63, 3.8) is 0 Å². The second kappa shape index (κ2) is 7.72. The van der Waals surface area contributed by atoms with E-state index in [1.54, 1.807) is 66.7 Å². The summed E-state index contributed by atoms with van der Waals surface area (Å²) >= 11 is 3.10. The summed E-state index contributed by atoms with van der Waals surface area (Å²) in [5.74, 6) is -0.380. The van der Waals surface area contributed by atoms with E-state index < -0.39 is 10.0 Å². The van der Waals surface area contributed by atoms with Crippen LogP contribution in [0.15, 0.2) is 89.8 Å². The quantitative estimate of drug-likeness (QED) is 0.608. The van der Waals surface area contributed by atoms with E-state index in [-0.39, 0.29) is 16.4 Å². The molecule has 7 heteroatoms. The Morgan fingerprint density at radius 1 is 0.846 bits per heavy atom. The molecule has 132 valence electrons. The van der Waals surface area contributed by atoms with Gasteiger partial charge in [-0.15, -0.1) is 0 Å². The number of nitrogens with one attached hydrogen (secondary N) is 1. The first-order chi connectivity index (χ1) is 12.5. The number of halogens is 1. The Morgan fingerprint density at radius 2 is 1.46 bits per heavy atom. The molecule has 0 radical (unpaired) electrons. The van der Waals surface area contributed by atoms with Gasteiger partial charge < -0.3 is 5.32 Å². The first-order valence-corrected chi connectivity index (χ1v) is 9.86. The molecule has 1 amide bonds. The highest BCUT2D eigenvalue weighted by Crippen LogP contribution is 2.27. The molecule has 3 aromatic carbocycles. The largest absolute Gasteiger partial charge is 0.322 e. The van der Waals surface area contributed by atoms with E-state index >= 15 is 0 Å². The summed E-state index contributed by atoms with van der Waals surface area (Å²) in [5, 5.41) is 2.74. The maximum atomic E-state index is 12.8. The lowest BCUT2D eigenvalue weighted by molar-refractivity contribution is 0.102. The molecule has 0 aliphatic rings. The van der Waals surface area contributed by atoms with Crippen LogP contribution in [0.5, 0.6) is 0 Å². The number of para-hydroxylation sites is 2. The van der Waals surface area contributed by atoms with Crippen LogP contribution in [0.25, 0.3) is 0 Å². The number of benzene rings is 3. The van der Waals surface area contributed by atoms with Gasteiger partial charge in [-0.1, -0.05) is 42.5 Å². The van der Waals surface area contributed by atoms with Crippen LogP contribution in [0.4, 0.5) is 11.4 Å². The fourth-order valence-electron chi connectivity index (χ4n) is 2.30. The zero-order chi connectivity index (χ0) is 18.6. The standard InChI is InChI=1S/C19H15BrN2O3S/c20-22(17-11-5-2-6-12-17)26(24,25)18-13-7-8-15(14-18)19(23)21-16-9-3-1-4-10-16/h1-14H,(H,21,23). The summed E-state index contributed by atoms with van der Waals surface area (Å²) in [6.07, 6.45) is 0. The fraction of sp³-hybridized carbons (Fsp3) is 0. The lowest BCUT2D eigenvalue weighted by atomic mass is 10.2. The van der Waals surface area contributed by atoms with Crippen LogP contribution in [0.3, 0.4) is 0 Å². The molecular weight excluding hydrogens is 416 g/mol. The van der Waals surface area contributed by atoms with Crippen LogP contribution in [-0.4, -0.2) is 14.3 Å². The van der Waals surface area contributed by atoms with Gasteiger partial charge in [0.15, 0.2) is 0 Å². The Bertz CT molecular complexity index is 1010. The second-order valence-electron chi connectivity index (χ2n) is 5.40. The predicted molar refractivity (Wildman–Crippen MR) is 106 cm³/mol. The Kier molecular flexibility index (Phi) is 5.39. The fourth-order valence-corrected chi connectivity index (χ4v) is 4.15. The van der Waals surface area contributed by atoms with Gasteiger partial charge in [-0.3, -0.25) is 4.79 Å². The molecular formula is C19H15BrN2O3S. The molecule has 3 aromatic rings. The van der Waals surface area contributed by atoms with Crippen LogP contribution in [0.2, 0.25) is 0 Å². The minimum absolute atomic E-state index is 0.0129. The lowest BCUT2D eigenvalue weighted by Gasteiger charge is -2.17. The average molecular weight is 431 g/mol. The number of nitrogens with zero attached hydrogens (tertiary/aromatic N) is 1. The Labute approximate surface area is 160 Å². The SMILES string of the molecule is O=C(Nc1ccccc1)c1cccc(S(=O)(=O)N(Br)c2ccccc2)c1. The highest BCUT2D eigenvalue weighted by Gasteiger charge is 2.24. The van der Waals surface area contributed by atoms with E-state index in [0.29, 0.717) is 11.4 Å². The first-order valence-electron chi connectivity index (χ1n) is 7.71. The van der Waals surface area contributed by atoms with E-state index in [4.69, 9.17) is 0 Å². The van der Waals surface area contributed by atoms with Gasteiger partial charge in [0.2, 0.25) is 0 Å². The molecule has 0 aliphatic carbocycles. The smallest absolute Gasteiger partial charge is 0.273 e. The molecule has 0 bridgehead atoms. The molecule has 3 rings (SSSR count). The maximum absolute atomic E-state index is 12.8. The molecule has 0 aromatic heterocycles. The second-order valence-corrected chi connectivity index (χ2v) is 8.37. The van der Waals surface area contributed by atoms with E-state index in [0.717, 1.165) is 3.33 Å². The molecule has 0 atom stereocenters. The molecule has 5 nitrogen and oxygen atoms in total. The van der Waals surface area contributed by atoms with Gasteiger partial charge in [0, 0.05) is 11.3 Å². The van der Waals surface area contributed by atoms with Gasteiger partial charge >= 0.3 is 0 Å². The summed E-state index contributed by atoms with van der Waals surface area (Å²) in [7, 11) is -3.85. The highest BCUT2D eigenvalue weighted by atomic mass is 79.9. The van der Waals surface area contributed by atoms with Crippen molar-refractivity contribution in [1.29, 1.82) is 0 Å². The van der Waals surface area contributed by atoms with Crippen molar-refractivity contribution >= 4 is 43.5 Å². The molecule has 0 unspecified atom stereocenters. The van der Waals surface area contributed by atoms with Crippen molar-refractivity contribution in [1.82, 2.24) is 0 Å². The number of hydrogen-bond acceptors (Lipinski definition) is 3. The van der Waals surface area contributed by atoms with Crippen molar-refractivity contribution in [2.45, 2.75) is 4.90 Å². The summed E-state index contributed by atoms with van der Waals surface area (Å²) in [6, 6.07) is 23.5. The molecule has 1 N–H and O–H groups in total. The number of amides is 1. The number of anilines is 2. The summed E-state index contributed by atoms with van der Waals surface area (Å²) in [5.41, 5.74) is 1.35. The Balaban J connectivity index is 1.88. The van der Waals surface area contributed by atoms with Crippen molar-refractivity contribution < 1.29 is 13.2 Å². The molecule has 0 heterocycles. The van der Waals surface area contributed by atoms with Gasteiger partial charge in [0.1, 0.15) is 0 Å². The van der Waals surface area contributed by atoms with Crippen LogP contribution in [-0.2, 0) is 10.0 Å². The lowest BCUT2D eigenvalue weighted by Crippen LogP contribution is -2.21. The van der Waals surface area contributed by atoms with E-state index in [1.165, 1.54) is 12.1 Å². The van der Waals surface area contributed by atoms with Gasteiger partial charge in [-0.05, 0) is 42.5 Å². The van der Waals surface area contributed by atoms with Crippen LogP contribution in [0.1, 0.15) is 10.4 Å². The highest BCUT2D eigenvalue weighted by molar-refractivity contribution is 9.11. The monoisotopic (exact) mass is 430 g/mol. The Hall–Kier alpha value is -2.64. The van der Waals surface area contributed by atoms with Gasteiger partial charge in [0.25, 0.3) is 15.9 Å². The topological polar surface area (TPSA) is 66.5 Å². The van der Waals surface area contributed by atoms with E-state index in [9.17, 15) is 13.2 Å². The molecule has 0 spiro atoms. The molecule has 0 saturated carbocycles. The number of hydrogen-bond donors (Lipinski definition) is 1. The van der Waals surface area contributed by atoms with Gasteiger partial charge in [0.05, 0.1) is 26.7 Å². The van der Waals surface area contributed by atoms with Gasteiger partial charge in [-0.25, -0.2) is 8.42 Å². The summed E-state index contributed by atoms with van der Waals surface area (Å²) < 4.78 is 26.6. The molecule has 0 aliphatic heterocycles. The maximum Gasteiger partial charge on any atom is 0.273 e. The van der Waals surface area contributed by atoms with Crippen molar-refractivity contribution in [2.24, 2.45) is 0 Å². The van der Waals surface area contributed by atoms with E-state index in [1.807, 2.05) is 6.07 Å².